The summed E-state index contributed by atoms with van der Waals surface area (Å²) in [6.07, 6.45) is 4.88. The summed E-state index contributed by atoms with van der Waals surface area (Å²) in [6.45, 7) is 1.76. The molecule has 0 saturated carbocycles. The van der Waals surface area contributed by atoms with Gasteiger partial charge in [-0.1, -0.05) is 0 Å². The van der Waals surface area contributed by atoms with E-state index in [1.807, 2.05) is 0 Å². The van der Waals surface area contributed by atoms with E-state index in [2.05, 4.69) is 15.0 Å². The fourth-order valence-corrected chi connectivity index (χ4v) is 3.68. The molecule has 3 heterocycles. The number of rotatable bonds is 5. The van der Waals surface area contributed by atoms with Gasteiger partial charge in [0.05, 0.1) is 17.9 Å². The third-order valence-corrected chi connectivity index (χ3v) is 5.34. The second kappa shape index (κ2) is 7.99. The van der Waals surface area contributed by atoms with Crippen molar-refractivity contribution in [1.29, 1.82) is 0 Å². The van der Waals surface area contributed by atoms with Gasteiger partial charge >= 0.3 is 11.2 Å². The number of pyridine rings is 1. The molecule has 0 atom stereocenters. The number of alkyl halides is 3. The van der Waals surface area contributed by atoms with Crippen molar-refractivity contribution in [2.24, 2.45) is 0 Å². The lowest BCUT2D eigenvalue weighted by molar-refractivity contribution is -0.0328. The molecule has 0 fully saturated rings. The summed E-state index contributed by atoms with van der Waals surface area (Å²) in [5, 5.41) is 10.5. The molecule has 0 radical (unpaired) electrons. The third-order valence-electron chi connectivity index (χ3n) is 4.60. The summed E-state index contributed by atoms with van der Waals surface area (Å²) in [7, 11) is 0. The molecule has 0 aliphatic rings. The molecular weight excluding hydrogens is 431 g/mol. The number of aromatic amines is 1. The Morgan fingerprint density at radius 3 is 2.52 bits per heavy atom. The van der Waals surface area contributed by atoms with Crippen LogP contribution in [0.1, 0.15) is 11.3 Å². The number of hydrogen-bond donors (Lipinski definition) is 2. The van der Waals surface area contributed by atoms with Crippen LogP contribution in [0.2, 0.25) is 0 Å². The number of nitrogens with zero attached hydrogens (tertiary/aromatic N) is 4. The van der Waals surface area contributed by atoms with Crippen LogP contribution in [-0.2, 0) is 6.54 Å². The largest absolute Gasteiger partial charge is 0.493 e. The molecule has 7 nitrogen and oxygen atoms in total. The Morgan fingerprint density at radius 2 is 1.87 bits per heavy atom. The van der Waals surface area contributed by atoms with Gasteiger partial charge in [-0.15, -0.1) is 0 Å². The molecule has 4 aromatic rings. The Kier molecular flexibility index (Phi) is 5.36. The second-order valence-corrected chi connectivity index (χ2v) is 7.78. The van der Waals surface area contributed by atoms with Gasteiger partial charge in [-0.2, -0.15) is 13.2 Å². The Labute approximate surface area is 178 Å². The molecule has 160 valence electrons. The Balaban J connectivity index is 1.66. The van der Waals surface area contributed by atoms with Crippen molar-refractivity contribution in [3.05, 3.63) is 76.7 Å². The third kappa shape index (κ3) is 4.36. The SMILES string of the molecule is Cc1c(O)n(-c2ccc(SC(F)(F)F)cc2)c(=O)n1Cc1ccnc(-c2ncc[nH]2)c1. The maximum atomic E-state index is 13.0. The second-order valence-electron chi connectivity index (χ2n) is 6.64. The van der Waals surface area contributed by atoms with Gasteiger partial charge in [0.25, 0.3) is 0 Å². The van der Waals surface area contributed by atoms with Crippen LogP contribution >= 0.6 is 11.8 Å². The van der Waals surface area contributed by atoms with Gasteiger partial charge in [-0.25, -0.2) is 14.3 Å². The van der Waals surface area contributed by atoms with Crippen molar-refractivity contribution in [1.82, 2.24) is 24.1 Å². The number of aromatic hydroxyl groups is 1. The zero-order valence-electron chi connectivity index (χ0n) is 16.1. The first-order valence-electron chi connectivity index (χ1n) is 9.05. The van der Waals surface area contributed by atoms with Crippen molar-refractivity contribution in [2.45, 2.75) is 23.9 Å². The summed E-state index contributed by atoms with van der Waals surface area (Å²) in [5.74, 6) is 0.310. The Bertz CT molecular complexity index is 1260. The van der Waals surface area contributed by atoms with E-state index in [0.29, 0.717) is 17.2 Å². The molecule has 3 aromatic heterocycles. The lowest BCUT2D eigenvalue weighted by Gasteiger charge is -2.07. The van der Waals surface area contributed by atoms with Gasteiger partial charge in [0.2, 0.25) is 5.88 Å². The predicted octanol–water partition coefficient (Wildman–Crippen LogP) is 4.10. The fourth-order valence-electron chi connectivity index (χ4n) is 3.14. The molecule has 2 N–H and O–H groups in total. The predicted molar refractivity (Wildman–Crippen MR) is 109 cm³/mol. The average molecular weight is 447 g/mol. The molecule has 31 heavy (non-hydrogen) atoms. The van der Waals surface area contributed by atoms with E-state index >= 15 is 0 Å². The fraction of sp³-hybridized carbons (Fsp3) is 0.150. The van der Waals surface area contributed by atoms with E-state index in [1.54, 1.807) is 37.6 Å². The maximum absolute atomic E-state index is 13.0. The minimum Gasteiger partial charge on any atom is -0.493 e. The summed E-state index contributed by atoms with van der Waals surface area (Å²) >= 11 is -0.245. The van der Waals surface area contributed by atoms with Gasteiger partial charge in [0.1, 0.15) is 5.69 Å². The van der Waals surface area contributed by atoms with Crippen LogP contribution in [0.15, 0.2) is 64.7 Å². The number of hydrogen-bond acceptors (Lipinski definition) is 5. The number of H-pyrrole nitrogens is 1. The van der Waals surface area contributed by atoms with Crippen LogP contribution in [0.25, 0.3) is 17.2 Å². The van der Waals surface area contributed by atoms with Crippen LogP contribution in [0, 0.1) is 6.92 Å². The Morgan fingerprint density at radius 1 is 1.13 bits per heavy atom. The molecule has 11 heteroatoms. The van der Waals surface area contributed by atoms with Crippen LogP contribution in [0.5, 0.6) is 5.88 Å². The molecule has 0 saturated heterocycles. The molecular formula is C20H16F3N5O2S. The highest BCUT2D eigenvalue weighted by Crippen LogP contribution is 2.37. The summed E-state index contributed by atoms with van der Waals surface area (Å²) in [5.41, 5.74) is -2.95. The zero-order valence-corrected chi connectivity index (χ0v) is 16.9. The monoisotopic (exact) mass is 447 g/mol. The molecule has 1 aromatic carbocycles. The van der Waals surface area contributed by atoms with Crippen molar-refractivity contribution in [3.8, 4) is 23.1 Å². The van der Waals surface area contributed by atoms with E-state index in [-0.39, 0.29) is 34.8 Å². The zero-order chi connectivity index (χ0) is 22.2. The number of benzene rings is 1. The van der Waals surface area contributed by atoms with Crippen LogP contribution < -0.4 is 5.69 Å². The highest BCUT2D eigenvalue weighted by molar-refractivity contribution is 8.00. The van der Waals surface area contributed by atoms with Gasteiger partial charge in [-0.3, -0.25) is 9.55 Å². The molecule has 0 spiro atoms. The quantitative estimate of drug-likeness (QED) is 0.450. The summed E-state index contributed by atoms with van der Waals surface area (Å²) in [4.78, 5) is 24.3. The van der Waals surface area contributed by atoms with Gasteiger partial charge < -0.3 is 10.1 Å². The van der Waals surface area contributed by atoms with E-state index in [0.717, 1.165) is 10.1 Å². The summed E-state index contributed by atoms with van der Waals surface area (Å²) < 4.78 is 40.0. The number of imidazole rings is 2. The standard InChI is InChI=1S/C20H16F3N5O2S/c1-12-18(29)28(14-2-4-15(5-3-14)31-20(21,22)23)19(30)27(12)11-13-6-7-24-16(10-13)17-25-8-9-26-17/h2-10,29H,11H2,1H3,(H,25,26). The number of halogens is 3. The topological polar surface area (TPSA) is 88.7 Å². The smallest absolute Gasteiger partial charge is 0.446 e. The number of thioether (sulfide) groups is 1. The molecule has 4 rings (SSSR count). The van der Waals surface area contributed by atoms with E-state index in [9.17, 15) is 23.1 Å². The van der Waals surface area contributed by atoms with Crippen molar-refractivity contribution in [2.75, 3.05) is 0 Å². The average Bonchev–Trinajstić information content (AvgIpc) is 3.32. The van der Waals surface area contributed by atoms with Crippen LogP contribution in [-0.4, -0.2) is 34.7 Å². The first-order chi connectivity index (χ1) is 14.7. The molecule has 0 unspecified atom stereocenters. The van der Waals surface area contributed by atoms with E-state index in [1.165, 1.54) is 28.8 Å². The lowest BCUT2D eigenvalue weighted by atomic mass is 10.2. The number of aromatic nitrogens is 5. The van der Waals surface area contributed by atoms with Gasteiger partial charge in [-0.05, 0) is 60.6 Å². The van der Waals surface area contributed by atoms with Gasteiger partial charge in [0, 0.05) is 23.5 Å². The molecule has 0 aliphatic carbocycles. The van der Waals surface area contributed by atoms with Crippen molar-refractivity contribution < 1.29 is 18.3 Å². The van der Waals surface area contributed by atoms with E-state index in [4.69, 9.17) is 0 Å². The highest BCUT2D eigenvalue weighted by Gasteiger charge is 2.29. The molecule has 0 aliphatic heterocycles. The lowest BCUT2D eigenvalue weighted by Crippen LogP contribution is -2.24. The molecule has 0 amide bonds. The maximum Gasteiger partial charge on any atom is 0.446 e. The minimum absolute atomic E-state index is 0.0119. The normalized spacial score (nSPS) is 11.7. The first-order valence-corrected chi connectivity index (χ1v) is 9.86. The van der Waals surface area contributed by atoms with Crippen LogP contribution in [0.4, 0.5) is 13.2 Å². The molecule has 0 bridgehead atoms. The van der Waals surface area contributed by atoms with Crippen molar-refractivity contribution in [3.63, 3.8) is 0 Å². The van der Waals surface area contributed by atoms with Crippen LogP contribution in [0.3, 0.4) is 0 Å². The number of nitrogens with one attached hydrogen (secondary N) is 1. The minimum atomic E-state index is -4.40. The summed E-state index contributed by atoms with van der Waals surface area (Å²) in [6, 6.07) is 8.76. The first kappa shape index (κ1) is 20.8. The van der Waals surface area contributed by atoms with E-state index < -0.39 is 11.2 Å². The highest BCUT2D eigenvalue weighted by atomic mass is 32.2. The Hall–Kier alpha value is -3.47. The van der Waals surface area contributed by atoms with Gasteiger partial charge in [0.15, 0.2) is 5.82 Å². The van der Waals surface area contributed by atoms with Crippen molar-refractivity contribution >= 4 is 11.8 Å².